The van der Waals surface area contributed by atoms with Crippen molar-refractivity contribution in [2.75, 3.05) is 20.3 Å². The van der Waals surface area contributed by atoms with Gasteiger partial charge in [0.25, 0.3) is 0 Å². The number of hydrogen-bond acceptors (Lipinski definition) is 3. The lowest BCUT2D eigenvalue weighted by Gasteiger charge is -1.93. The third-order valence-corrected chi connectivity index (χ3v) is 0.893. The fourth-order valence-corrected chi connectivity index (χ4v) is 0.429. The maximum atomic E-state index is 9.74. The van der Waals surface area contributed by atoms with Crippen LogP contribution in [0.3, 0.4) is 0 Å². The number of ether oxygens (including phenoxy) is 1. The molecule has 1 N–H and O–H groups in total. The molecule has 49 valence electrons. The Balaban J connectivity index is 2.82. The summed E-state index contributed by atoms with van der Waals surface area (Å²) in [5, 5.41) is 0. The van der Waals surface area contributed by atoms with Crippen LogP contribution in [-0.4, -0.2) is 25.2 Å². The highest BCUT2D eigenvalue weighted by Gasteiger charge is 1.90. The zero-order valence-electron chi connectivity index (χ0n) is 4.53. The first kappa shape index (κ1) is 7.98. The van der Waals surface area contributed by atoms with Gasteiger partial charge in [0, 0.05) is 7.11 Å². The molecule has 5 heteroatoms. The van der Waals surface area contributed by atoms with Crippen LogP contribution in [0, 0.1) is 0 Å². The highest BCUT2D eigenvalue weighted by atomic mass is 31.1. The van der Waals surface area contributed by atoms with Crippen molar-refractivity contribution in [3.63, 3.8) is 0 Å². The third-order valence-electron chi connectivity index (χ3n) is 0.489. The van der Waals surface area contributed by atoms with Crippen LogP contribution in [0.2, 0.25) is 0 Å². The van der Waals surface area contributed by atoms with E-state index in [9.17, 15) is 4.57 Å². The number of hydrogen-bond donors (Lipinski definition) is 1. The number of rotatable bonds is 4. The van der Waals surface area contributed by atoms with Gasteiger partial charge in [0.15, 0.2) is 0 Å². The van der Waals surface area contributed by atoms with Crippen molar-refractivity contribution in [3.8, 4) is 0 Å². The normalized spacial score (nSPS) is 11.5. The van der Waals surface area contributed by atoms with Crippen LogP contribution < -0.4 is 0 Å². The Morgan fingerprint density at radius 1 is 1.62 bits per heavy atom. The molecule has 0 aliphatic carbocycles. The van der Waals surface area contributed by atoms with E-state index in [4.69, 9.17) is 4.89 Å². The lowest BCUT2D eigenvalue weighted by atomic mass is 10.8. The van der Waals surface area contributed by atoms with Gasteiger partial charge in [-0.1, -0.05) is 0 Å². The summed E-state index contributed by atoms with van der Waals surface area (Å²) in [7, 11) is -0.948. The summed E-state index contributed by atoms with van der Waals surface area (Å²) in [6, 6.07) is 0. The lowest BCUT2D eigenvalue weighted by Crippen LogP contribution is -1.95. The maximum Gasteiger partial charge on any atom is 0.366 e. The Bertz CT molecular complexity index is 73.7. The zero-order chi connectivity index (χ0) is 6.41. The standard InChI is InChI=1S/C3H8O4P/c1-6-2-3-7-8(4)5/h2-3H2,1H3,(H,4,5). The first-order valence-electron chi connectivity index (χ1n) is 2.05. The summed E-state index contributed by atoms with van der Waals surface area (Å²) in [6.07, 6.45) is 0. The fourth-order valence-electron chi connectivity index (χ4n) is 0.199. The van der Waals surface area contributed by atoms with Gasteiger partial charge in [0.2, 0.25) is 0 Å². The Morgan fingerprint density at radius 2 is 2.25 bits per heavy atom. The maximum absolute atomic E-state index is 9.74. The molecule has 0 aromatic heterocycles. The van der Waals surface area contributed by atoms with Crippen LogP contribution in [0.25, 0.3) is 0 Å². The molecule has 4 nitrogen and oxygen atoms in total. The molecule has 8 heavy (non-hydrogen) atoms. The van der Waals surface area contributed by atoms with Crippen molar-refractivity contribution >= 4 is 8.25 Å². The second-order valence-electron chi connectivity index (χ2n) is 1.06. The topological polar surface area (TPSA) is 55.8 Å². The molecule has 0 amide bonds. The van der Waals surface area contributed by atoms with Crippen molar-refractivity contribution in [1.82, 2.24) is 0 Å². The molecule has 1 unspecified atom stereocenters. The minimum absolute atomic E-state index is 0.169. The molecule has 1 atom stereocenters. The Hall–Kier alpha value is -0.0200. The molecular formula is C3H8O4P. The van der Waals surface area contributed by atoms with Gasteiger partial charge in [0.05, 0.1) is 13.2 Å². The molecule has 0 rings (SSSR count). The molecule has 0 aromatic carbocycles. The van der Waals surface area contributed by atoms with E-state index in [0.717, 1.165) is 0 Å². The first-order valence-corrected chi connectivity index (χ1v) is 3.18. The summed E-state index contributed by atoms with van der Waals surface area (Å²) in [6.45, 7) is 0.518. The fraction of sp³-hybridized carbons (Fsp3) is 1.00. The van der Waals surface area contributed by atoms with E-state index in [2.05, 4.69) is 9.26 Å². The predicted molar refractivity (Wildman–Crippen MR) is 27.7 cm³/mol. The summed E-state index contributed by atoms with van der Waals surface area (Å²) in [5.41, 5.74) is 0. The average molecular weight is 139 g/mol. The summed E-state index contributed by atoms with van der Waals surface area (Å²) in [5.74, 6) is 0. The van der Waals surface area contributed by atoms with E-state index in [1.54, 1.807) is 0 Å². The van der Waals surface area contributed by atoms with E-state index in [1.807, 2.05) is 0 Å². The van der Waals surface area contributed by atoms with Crippen LogP contribution in [0.5, 0.6) is 0 Å². The van der Waals surface area contributed by atoms with Gasteiger partial charge in [-0.05, 0) is 0 Å². The van der Waals surface area contributed by atoms with E-state index in [0.29, 0.717) is 6.61 Å². The first-order chi connectivity index (χ1) is 3.77. The molecule has 0 aliphatic heterocycles. The quantitative estimate of drug-likeness (QED) is 0.449. The van der Waals surface area contributed by atoms with Gasteiger partial charge >= 0.3 is 8.25 Å². The van der Waals surface area contributed by atoms with E-state index in [-0.39, 0.29) is 6.61 Å². The molecule has 1 radical (unpaired) electrons. The van der Waals surface area contributed by atoms with E-state index < -0.39 is 8.25 Å². The Labute approximate surface area is 48.4 Å². The SMILES string of the molecule is COCCO[P](=O)O. The molecule has 0 spiro atoms. The molecule has 0 fully saturated rings. The van der Waals surface area contributed by atoms with Crippen LogP contribution in [0.1, 0.15) is 0 Å². The van der Waals surface area contributed by atoms with Crippen molar-refractivity contribution in [3.05, 3.63) is 0 Å². The van der Waals surface area contributed by atoms with E-state index in [1.165, 1.54) is 7.11 Å². The minimum Gasteiger partial charge on any atom is -0.382 e. The monoisotopic (exact) mass is 139 g/mol. The van der Waals surface area contributed by atoms with E-state index >= 15 is 0 Å². The summed E-state index contributed by atoms with van der Waals surface area (Å²) >= 11 is 0. The van der Waals surface area contributed by atoms with Gasteiger partial charge in [-0.15, -0.1) is 0 Å². The van der Waals surface area contributed by atoms with Gasteiger partial charge < -0.3 is 4.74 Å². The predicted octanol–water partition coefficient (Wildman–Crippen LogP) is 0.299. The van der Waals surface area contributed by atoms with Crippen LogP contribution in [-0.2, 0) is 13.8 Å². The van der Waals surface area contributed by atoms with Crippen molar-refractivity contribution in [2.24, 2.45) is 0 Å². The van der Waals surface area contributed by atoms with Gasteiger partial charge in [0.1, 0.15) is 0 Å². The lowest BCUT2D eigenvalue weighted by molar-refractivity contribution is 0.143. The molecule has 0 saturated heterocycles. The highest BCUT2D eigenvalue weighted by molar-refractivity contribution is 7.32. The largest absolute Gasteiger partial charge is 0.382 e. The third kappa shape index (κ3) is 5.98. The van der Waals surface area contributed by atoms with Gasteiger partial charge in [-0.25, -0.2) is 4.57 Å². The molecule has 0 bridgehead atoms. The van der Waals surface area contributed by atoms with Crippen molar-refractivity contribution in [1.29, 1.82) is 0 Å². The smallest absolute Gasteiger partial charge is 0.366 e. The second kappa shape index (κ2) is 5.12. The highest BCUT2D eigenvalue weighted by Crippen LogP contribution is 2.12. The van der Waals surface area contributed by atoms with Crippen LogP contribution in [0.4, 0.5) is 0 Å². The van der Waals surface area contributed by atoms with Crippen LogP contribution >= 0.6 is 8.25 Å². The molecule has 0 aromatic rings. The second-order valence-corrected chi connectivity index (χ2v) is 1.80. The Morgan fingerprint density at radius 3 is 2.62 bits per heavy atom. The van der Waals surface area contributed by atoms with Gasteiger partial charge in [-0.3, -0.25) is 9.42 Å². The summed E-state index contributed by atoms with van der Waals surface area (Å²) in [4.78, 5) is 8.01. The van der Waals surface area contributed by atoms with Crippen molar-refractivity contribution < 1.29 is 18.7 Å². The van der Waals surface area contributed by atoms with Crippen molar-refractivity contribution in [2.45, 2.75) is 0 Å². The van der Waals surface area contributed by atoms with Gasteiger partial charge in [-0.2, -0.15) is 0 Å². The molecule has 0 saturated carbocycles. The minimum atomic E-state index is -2.44. The molecule has 0 aliphatic rings. The summed E-state index contributed by atoms with van der Waals surface area (Å²) < 4.78 is 18.5. The Kier molecular flexibility index (Phi) is 5.11. The molecule has 0 heterocycles. The molecular weight excluding hydrogens is 131 g/mol. The zero-order valence-corrected chi connectivity index (χ0v) is 5.43. The number of methoxy groups -OCH3 is 1. The van der Waals surface area contributed by atoms with Crippen LogP contribution in [0.15, 0.2) is 0 Å². The average Bonchev–Trinajstić information content (AvgIpc) is 1.66.